The van der Waals surface area contributed by atoms with E-state index in [0.717, 1.165) is 11.1 Å². The number of aliphatic carboxylic acids is 1. The van der Waals surface area contributed by atoms with Crippen molar-refractivity contribution in [1.82, 2.24) is 10.6 Å². The van der Waals surface area contributed by atoms with Crippen molar-refractivity contribution in [3.63, 3.8) is 0 Å². The fourth-order valence-electron chi connectivity index (χ4n) is 4.21. The number of carboxylic acid groups (broad SMARTS) is 1. The van der Waals surface area contributed by atoms with Gasteiger partial charge in [-0.25, -0.2) is 9.59 Å². The third-order valence-corrected chi connectivity index (χ3v) is 5.92. The van der Waals surface area contributed by atoms with Crippen molar-refractivity contribution in [2.24, 2.45) is 0 Å². The maximum Gasteiger partial charge on any atom is 0.407 e. The lowest BCUT2D eigenvalue weighted by Crippen LogP contribution is -2.40. The topological polar surface area (TPSA) is 114 Å². The van der Waals surface area contributed by atoms with Crippen LogP contribution in [0.25, 0.3) is 11.1 Å². The third kappa shape index (κ3) is 6.81. The Hall–Kier alpha value is -3.39. The highest BCUT2D eigenvalue weighted by molar-refractivity contribution is 5.83. The minimum atomic E-state index is -1.05. The van der Waals surface area contributed by atoms with Gasteiger partial charge in [0.1, 0.15) is 12.6 Å². The maximum atomic E-state index is 12.2. The van der Waals surface area contributed by atoms with Crippen molar-refractivity contribution in [3.8, 4) is 11.1 Å². The van der Waals surface area contributed by atoms with Crippen LogP contribution >= 0.6 is 0 Å². The van der Waals surface area contributed by atoms with Gasteiger partial charge in [0.2, 0.25) is 5.91 Å². The summed E-state index contributed by atoms with van der Waals surface area (Å²) in [4.78, 5) is 35.5. The van der Waals surface area contributed by atoms with Crippen LogP contribution in [0.1, 0.15) is 49.1 Å². The van der Waals surface area contributed by atoms with Crippen LogP contribution in [-0.2, 0) is 19.1 Å². The fraction of sp³-hybridized carbons (Fsp3) is 0.423. The first-order valence-electron chi connectivity index (χ1n) is 11.6. The Balaban J connectivity index is 1.35. The number of hydrogen-bond donors (Lipinski definition) is 3. The molecule has 0 aliphatic heterocycles. The number of ether oxygens (including phenoxy) is 2. The number of amides is 2. The van der Waals surface area contributed by atoms with Gasteiger partial charge in [0.15, 0.2) is 0 Å². The Morgan fingerprint density at radius 2 is 1.62 bits per heavy atom. The molecule has 1 aliphatic carbocycles. The summed E-state index contributed by atoms with van der Waals surface area (Å²) in [7, 11) is 1.55. The normalized spacial score (nSPS) is 13.0. The van der Waals surface area contributed by atoms with E-state index in [4.69, 9.17) is 9.47 Å². The first kappa shape index (κ1) is 25.2. The van der Waals surface area contributed by atoms with Crippen LogP contribution in [-0.4, -0.2) is 56.0 Å². The number of nitrogens with one attached hydrogen (secondary N) is 2. The average Bonchev–Trinajstić information content (AvgIpc) is 3.15. The third-order valence-electron chi connectivity index (χ3n) is 5.92. The van der Waals surface area contributed by atoms with Crippen LogP contribution in [0.5, 0.6) is 0 Å². The number of alkyl carbamates (subject to hydrolysis) is 1. The predicted octanol–water partition coefficient (Wildman–Crippen LogP) is 3.69. The fourth-order valence-corrected chi connectivity index (χ4v) is 4.21. The van der Waals surface area contributed by atoms with E-state index in [1.165, 1.54) is 11.1 Å². The standard InChI is InChI=1S/C26H32N2O6/c1-33-16-8-13-23(25(30)31)28-24(29)14-6-7-15-27-26(32)34-17-22-20-11-4-2-9-18(20)19-10-3-5-12-21(19)22/h2-5,9-12,22-23H,6-8,13-17H2,1H3,(H,27,32)(H,28,29)(H,30,31). The van der Waals surface area contributed by atoms with E-state index in [9.17, 15) is 19.5 Å². The number of methoxy groups -OCH3 is 1. The Morgan fingerprint density at radius 1 is 0.971 bits per heavy atom. The molecule has 0 fully saturated rings. The van der Waals surface area contributed by atoms with Crippen molar-refractivity contribution in [2.75, 3.05) is 26.9 Å². The Labute approximate surface area is 199 Å². The van der Waals surface area contributed by atoms with Crippen LogP contribution < -0.4 is 10.6 Å². The SMILES string of the molecule is COCCCC(NC(=O)CCCCNC(=O)OCC1c2ccccc2-c2ccccc21)C(=O)O. The molecule has 0 saturated heterocycles. The molecule has 2 amide bonds. The molecule has 0 bridgehead atoms. The highest BCUT2D eigenvalue weighted by Crippen LogP contribution is 2.44. The Morgan fingerprint density at radius 3 is 2.24 bits per heavy atom. The number of carbonyl (C=O) groups is 3. The highest BCUT2D eigenvalue weighted by Gasteiger charge is 2.29. The molecule has 0 radical (unpaired) electrons. The molecule has 0 spiro atoms. The molecule has 1 aliphatic rings. The molecule has 8 heteroatoms. The van der Waals surface area contributed by atoms with Crippen molar-refractivity contribution < 1.29 is 29.0 Å². The molecule has 0 heterocycles. The summed E-state index contributed by atoms with van der Waals surface area (Å²) in [6.07, 6.45) is 1.69. The van der Waals surface area contributed by atoms with Gasteiger partial charge < -0.3 is 25.2 Å². The molecule has 8 nitrogen and oxygen atoms in total. The number of unbranched alkanes of at least 4 members (excludes halogenated alkanes) is 1. The molecule has 182 valence electrons. The van der Waals surface area contributed by atoms with Crippen LogP contribution in [0.2, 0.25) is 0 Å². The zero-order valence-corrected chi connectivity index (χ0v) is 19.4. The first-order chi connectivity index (χ1) is 16.5. The van der Waals surface area contributed by atoms with Gasteiger partial charge in [-0.3, -0.25) is 4.79 Å². The van der Waals surface area contributed by atoms with Crippen LogP contribution in [0.15, 0.2) is 48.5 Å². The number of carboxylic acids is 1. The number of carbonyl (C=O) groups excluding carboxylic acids is 2. The molecular weight excluding hydrogens is 436 g/mol. The minimum absolute atomic E-state index is 0.00733. The Kier molecular flexibility index (Phi) is 9.46. The van der Waals surface area contributed by atoms with Gasteiger partial charge >= 0.3 is 12.1 Å². The second kappa shape index (κ2) is 12.7. The molecule has 2 aromatic rings. The van der Waals surface area contributed by atoms with Gasteiger partial charge in [-0.15, -0.1) is 0 Å². The molecule has 0 aromatic heterocycles. The molecular formula is C26H32N2O6. The van der Waals surface area contributed by atoms with E-state index < -0.39 is 18.1 Å². The van der Waals surface area contributed by atoms with Gasteiger partial charge in [-0.05, 0) is 47.9 Å². The molecule has 34 heavy (non-hydrogen) atoms. The Bertz CT molecular complexity index is 947. The number of rotatable bonds is 13. The summed E-state index contributed by atoms with van der Waals surface area (Å²) in [6, 6.07) is 15.4. The van der Waals surface area contributed by atoms with E-state index in [1.54, 1.807) is 7.11 Å². The molecule has 1 atom stereocenters. The summed E-state index contributed by atoms with van der Waals surface area (Å²) in [5, 5.41) is 14.5. The van der Waals surface area contributed by atoms with E-state index >= 15 is 0 Å². The smallest absolute Gasteiger partial charge is 0.407 e. The molecule has 1 unspecified atom stereocenters. The lowest BCUT2D eigenvalue weighted by Gasteiger charge is -2.15. The largest absolute Gasteiger partial charge is 0.480 e. The van der Waals surface area contributed by atoms with Crippen LogP contribution in [0.3, 0.4) is 0 Å². The van der Waals surface area contributed by atoms with Crippen molar-refractivity contribution in [3.05, 3.63) is 59.7 Å². The summed E-state index contributed by atoms with van der Waals surface area (Å²) in [5.74, 6) is -1.36. The number of benzene rings is 2. The average molecular weight is 469 g/mol. The van der Waals surface area contributed by atoms with Crippen molar-refractivity contribution in [1.29, 1.82) is 0 Å². The number of hydrogen-bond acceptors (Lipinski definition) is 5. The molecule has 0 saturated carbocycles. The summed E-state index contributed by atoms with van der Waals surface area (Å²) in [6.45, 7) is 1.07. The summed E-state index contributed by atoms with van der Waals surface area (Å²) >= 11 is 0. The quantitative estimate of drug-likeness (QED) is 0.386. The van der Waals surface area contributed by atoms with Crippen molar-refractivity contribution in [2.45, 2.75) is 44.1 Å². The maximum absolute atomic E-state index is 12.2. The minimum Gasteiger partial charge on any atom is -0.480 e. The lowest BCUT2D eigenvalue weighted by atomic mass is 9.98. The number of fused-ring (bicyclic) bond motifs is 3. The van der Waals surface area contributed by atoms with E-state index in [2.05, 4.69) is 34.9 Å². The van der Waals surface area contributed by atoms with Crippen molar-refractivity contribution >= 4 is 18.0 Å². The molecule has 3 rings (SSSR count). The van der Waals surface area contributed by atoms with E-state index in [0.29, 0.717) is 38.8 Å². The summed E-state index contributed by atoms with van der Waals surface area (Å²) in [5.41, 5.74) is 4.66. The summed E-state index contributed by atoms with van der Waals surface area (Å²) < 4.78 is 10.4. The zero-order chi connectivity index (χ0) is 24.3. The van der Waals surface area contributed by atoms with Crippen LogP contribution in [0.4, 0.5) is 4.79 Å². The highest BCUT2D eigenvalue weighted by atomic mass is 16.5. The van der Waals surface area contributed by atoms with Gasteiger partial charge in [-0.1, -0.05) is 48.5 Å². The second-order valence-corrected chi connectivity index (χ2v) is 8.30. The second-order valence-electron chi connectivity index (χ2n) is 8.30. The molecule has 3 N–H and O–H groups in total. The van der Waals surface area contributed by atoms with E-state index in [1.807, 2.05) is 24.3 Å². The zero-order valence-electron chi connectivity index (χ0n) is 19.4. The van der Waals surface area contributed by atoms with E-state index in [-0.39, 0.29) is 24.9 Å². The lowest BCUT2D eigenvalue weighted by molar-refractivity contribution is -0.142. The predicted molar refractivity (Wildman–Crippen MR) is 128 cm³/mol. The van der Waals surface area contributed by atoms with Gasteiger partial charge in [-0.2, -0.15) is 0 Å². The van der Waals surface area contributed by atoms with Gasteiger partial charge in [0.05, 0.1) is 0 Å². The van der Waals surface area contributed by atoms with Gasteiger partial charge in [0.25, 0.3) is 0 Å². The first-order valence-corrected chi connectivity index (χ1v) is 11.6. The van der Waals surface area contributed by atoms with Crippen LogP contribution in [0, 0.1) is 0 Å². The van der Waals surface area contributed by atoms with Gasteiger partial charge in [0, 0.05) is 32.6 Å². The molecule has 2 aromatic carbocycles. The monoisotopic (exact) mass is 468 g/mol.